The third kappa shape index (κ3) is 4.24. The van der Waals surface area contributed by atoms with E-state index in [4.69, 9.17) is 4.42 Å². The van der Waals surface area contributed by atoms with Gasteiger partial charge in [0.05, 0.1) is 10.9 Å². The Morgan fingerprint density at radius 3 is 2.76 bits per heavy atom. The molecular formula is C18H19N3O3S. The summed E-state index contributed by atoms with van der Waals surface area (Å²) in [5.41, 5.74) is 1.05. The highest BCUT2D eigenvalue weighted by molar-refractivity contribution is 7.13. The van der Waals surface area contributed by atoms with Gasteiger partial charge in [0, 0.05) is 0 Å². The van der Waals surface area contributed by atoms with Crippen molar-refractivity contribution >= 4 is 17.2 Å². The number of nitrogens with zero attached hydrogens (tertiary/aromatic N) is 2. The van der Waals surface area contributed by atoms with Crippen LogP contribution in [-0.2, 0) is 11.3 Å². The van der Waals surface area contributed by atoms with E-state index in [0.29, 0.717) is 0 Å². The lowest BCUT2D eigenvalue weighted by molar-refractivity contribution is -0.122. The molecule has 3 aromatic rings. The number of aromatic nitrogens is 2. The van der Waals surface area contributed by atoms with Gasteiger partial charge in [-0.2, -0.15) is 4.68 Å². The van der Waals surface area contributed by atoms with Gasteiger partial charge in [0.2, 0.25) is 5.91 Å². The molecule has 7 heteroatoms. The lowest BCUT2D eigenvalue weighted by Crippen LogP contribution is -2.34. The van der Waals surface area contributed by atoms with Crippen LogP contribution in [0.3, 0.4) is 0 Å². The molecule has 1 unspecified atom stereocenters. The van der Waals surface area contributed by atoms with Gasteiger partial charge in [-0.25, -0.2) is 4.79 Å². The van der Waals surface area contributed by atoms with Crippen molar-refractivity contribution in [1.82, 2.24) is 15.1 Å². The molecule has 25 heavy (non-hydrogen) atoms. The molecule has 2 aromatic heterocycles. The second-order valence-corrected chi connectivity index (χ2v) is 6.58. The van der Waals surface area contributed by atoms with Crippen molar-refractivity contribution in [3.05, 3.63) is 64.0 Å². The van der Waals surface area contributed by atoms with E-state index in [1.165, 1.54) is 11.3 Å². The lowest BCUT2D eigenvalue weighted by atomic mass is 10.0. The van der Waals surface area contributed by atoms with Gasteiger partial charge >= 0.3 is 5.76 Å². The average molecular weight is 357 g/mol. The van der Waals surface area contributed by atoms with Crippen LogP contribution in [0.25, 0.3) is 10.8 Å². The first kappa shape index (κ1) is 17.2. The molecule has 130 valence electrons. The number of benzene rings is 1. The van der Waals surface area contributed by atoms with Gasteiger partial charge < -0.3 is 9.73 Å². The zero-order valence-corrected chi connectivity index (χ0v) is 14.7. The van der Waals surface area contributed by atoms with Crippen LogP contribution in [0.2, 0.25) is 0 Å². The van der Waals surface area contributed by atoms with E-state index < -0.39 is 5.76 Å². The van der Waals surface area contributed by atoms with Crippen LogP contribution in [0.4, 0.5) is 0 Å². The Hall–Kier alpha value is -2.67. The number of thiophene rings is 1. The highest BCUT2D eigenvalue weighted by Gasteiger charge is 2.17. The van der Waals surface area contributed by atoms with Crippen LogP contribution in [0.1, 0.15) is 31.4 Å². The molecule has 0 saturated carbocycles. The quantitative estimate of drug-likeness (QED) is 0.704. The van der Waals surface area contributed by atoms with Crippen LogP contribution >= 0.6 is 11.3 Å². The first-order chi connectivity index (χ1) is 12.2. The summed E-state index contributed by atoms with van der Waals surface area (Å²) < 4.78 is 6.18. The van der Waals surface area contributed by atoms with Crippen LogP contribution in [0.5, 0.6) is 0 Å². The second kappa shape index (κ2) is 7.94. The van der Waals surface area contributed by atoms with Crippen molar-refractivity contribution in [3.8, 4) is 10.8 Å². The van der Waals surface area contributed by atoms with Gasteiger partial charge in [0.15, 0.2) is 0 Å². The van der Waals surface area contributed by atoms with Gasteiger partial charge in [-0.3, -0.25) is 4.79 Å². The van der Waals surface area contributed by atoms with Crippen molar-refractivity contribution < 1.29 is 9.21 Å². The van der Waals surface area contributed by atoms with Crippen molar-refractivity contribution in [1.29, 1.82) is 0 Å². The van der Waals surface area contributed by atoms with Crippen LogP contribution in [0, 0.1) is 0 Å². The van der Waals surface area contributed by atoms with E-state index in [1.807, 2.05) is 47.8 Å². The van der Waals surface area contributed by atoms with E-state index in [1.54, 1.807) is 0 Å². The van der Waals surface area contributed by atoms with E-state index in [0.717, 1.165) is 28.0 Å². The molecular weight excluding hydrogens is 338 g/mol. The Labute approximate surface area is 149 Å². The summed E-state index contributed by atoms with van der Waals surface area (Å²) >= 11 is 1.42. The Morgan fingerprint density at radius 2 is 2.08 bits per heavy atom. The van der Waals surface area contributed by atoms with Gasteiger partial charge in [-0.05, 0) is 23.4 Å². The summed E-state index contributed by atoms with van der Waals surface area (Å²) in [6, 6.07) is 13.4. The summed E-state index contributed by atoms with van der Waals surface area (Å²) in [6.07, 6.45) is 1.76. The van der Waals surface area contributed by atoms with Crippen molar-refractivity contribution in [2.45, 2.75) is 32.4 Å². The monoisotopic (exact) mass is 357 g/mol. The first-order valence-electron chi connectivity index (χ1n) is 8.13. The Balaban J connectivity index is 1.70. The molecule has 0 fully saturated rings. The number of rotatable bonds is 7. The number of nitrogens with one attached hydrogen (secondary N) is 1. The van der Waals surface area contributed by atoms with E-state index in [2.05, 4.69) is 17.3 Å². The molecule has 0 radical (unpaired) electrons. The predicted octanol–water partition coefficient (Wildman–Crippen LogP) is 3.22. The number of amides is 1. The zero-order chi connectivity index (χ0) is 17.6. The van der Waals surface area contributed by atoms with Crippen LogP contribution in [0.15, 0.2) is 57.1 Å². The maximum Gasteiger partial charge on any atom is 0.437 e. The summed E-state index contributed by atoms with van der Waals surface area (Å²) in [5, 5.41) is 8.95. The Bertz CT molecular complexity index is 869. The van der Waals surface area contributed by atoms with Crippen molar-refractivity contribution in [3.63, 3.8) is 0 Å². The van der Waals surface area contributed by atoms with Gasteiger partial charge in [-0.15, -0.1) is 16.4 Å². The molecule has 2 heterocycles. The normalized spacial score (nSPS) is 12.0. The molecule has 0 aliphatic carbocycles. The maximum absolute atomic E-state index is 12.4. The molecule has 0 aliphatic rings. The smallest absolute Gasteiger partial charge is 0.387 e. The third-order valence-corrected chi connectivity index (χ3v) is 4.60. The standard InChI is InChI=1S/C18H19N3O3S/c1-2-7-14(13-8-4-3-5-9-13)19-16(22)12-21-18(23)24-17(20-21)15-10-6-11-25-15/h3-6,8-11,14H,2,7,12H2,1H3,(H,19,22). The van der Waals surface area contributed by atoms with E-state index >= 15 is 0 Å². The molecule has 0 saturated heterocycles. The fourth-order valence-corrected chi connectivity index (χ4v) is 3.22. The topological polar surface area (TPSA) is 77.1 Å². The fourth-order valence-electron chi connectivity index (χ4n) is 2.58. The van der Waals surface area contributed by atoms with Gasteiger partial charge in [0.25, 0.3) is 5.89 Å². The first-order valence-corrected chi connectivity index (χ1v) is 9.01. The number of hydrogen-bond donors (Lipinski definition) is 1. The molecule has 3 rings (SSSR count). The molecule has 0 aliphatic heterocycles. The predicted molar refractivity (Wildman–Crippen MR) is 96.3 cm³/mol. The minimum Gasteiger partial charge on any atom is -0.387 e. The summed E-state index contributed by atoms with van der Waals surface area (Å²) in [4.78, 5) is 25.0. The molecule has 0 spiro atoms. The molecule has 1 N–H and O–H groups in total. The average Bonchev–Trinajstić information content (AvgIpc) is 3.26. The summed E-state index contributed by atoms with van der Waals surface area (Å²) in [6.45, 7) is 1.90. The highest BCUT2D eigenvalue weighted by Crippen LogP contribution is 2.21. The molecule has 0 bridgehead atoms. The molecule has 1 atom stereocenters. The van der Waals surface area contributed by atoms with Gasteiger partial charge in [-0.1, -0.05) is 49.7 Å². The molecule has 6 nitrogen and oxygen atoms in total. The minimum absolute atomic E-state index is 0.0851. The van der Waals surface area contributed by atoms with Crippen molar-refractivity contribution in [2.24, 2.45) is 0 Å². The van der Waals surface area contributed by atoms with E-state index in [-0.39, 0.29) is 24.4 Å². The second-order valence-electron chi connectivity index (χ2n) is 5.63. The third-order valence-electron chi connectivity index (χ3n) is 3.75. The lowest BCUT2D eigenvalue weighted by Gasteiger charge is -2.18. The molecule has 1 aromatic carbocycles. The van der Waals surface area contributed by atoms with Crippen LogP contribution in [-0.4, -0.2) is 15.7 Å². The number of carbonyl (C=O) groups excluding carboxylic acids is 1. The Morgan fingerprint density at radius 1 is 1.28 bits per heavy atom. The number of hydrogen-bond acceptors (Lipinski definition) is 5. The zero-order valence-electron chi connectivity index (χ0n) is 13.8. The largest absolute Gasteiger partial charge is 0.437 e. The fraction of sp³-hybridized carbons (Fsp3) is 0.278. The Kier molecular flexibility index (Phi) is 5.45. The van der Waals surface area contributed by atoms with Gasteiger partial charge in [0.1, 0.15) is 6.54 Å². The van der Waals surface area contributed by atoms with Crippen molar-refractivity contribution in [2.75, 3.05) is 0 Å². The maximum atomic E-state index is 12.4. The number of carbonyl (C=O) groups is 1. The molecule has 1 amide bonds. The highest BCUT2D eigenvalue weighted by atomic mass is 32.1. The minimum atomic E-state index is -0.634. The SMILES string of the molecule is CCCC(NC(=O)Cn1nc(-c2cccs2)oc1=O)c1ccccc1. The summed E-state index contributed by atoms with van der Waals surface area (Å²) in [5.74, 6) is -0.665. The van der Waals surface area contributed by atoms with E-state index in [9.17, 15) is 9.59 Å². The van der Waals surface area contributed by atoms with Crippen LogP contribution < -0.4 is 11.1 Å². The summed E-state index contributed by atoms with van der Waals surface area (Å²) in [7, 11) is 0.